The Kier molecular flexibility index (Phi) is 28.3. The fraction of sp³-hybridized carbons (Fsp3) is 1.00. The molecule has 148 valence electrons. The number of nitrogens with two attached hydrogens (primary N) is 1. The molecule has 0 heterocycles. The minimum Gasteiger partial charge on any atom is -0.379 e. The molecule has 8 heteroatoms. The zero-order valence-electron chi connectivity index (χ0n) is 14.7. The average Bonchev–Trinajstić information content (AvgIpc) is 2.57. The van der Waals surface area contributed by atoms with Gasteiger partial charge in [-0.1, -0.05) is 12.8 Å². The lowest BCUT2D eigenvalue weighted by Gasteiger charge is -2.07. The van der Waals surface area contributed by atoms with Crippen molar-refractivity contribution in [3.05, 3.63) is 0 Å². The van der Waals surface area contributed by atoms with E-state index in [-0.39, 0.29) is 12.4 Å². The summed E-state index contributed by atoms with van der Waals surface area (Å²) < 4.78 is 26.8. The number of halogens is 2. The summed E-state index contributed by atoms with van der Waals surface area (Å²) in [5.41, 5.74) is 5.30. The monoisotopic (exact) mass is 391 g/mol. The highest BCUT2D eigenvalue weighted by atomic mass is 35.5. The van der Waals surface area contributed by atoms with E-state index in [2.05, 4.69) is 0 Å². The quantitative estimate of drug-likeness (QED) is 0.253. The third-order valence-electron chi connectivity index (χ3n) is 2.92. The summed E-state index contributed by atoms with van der Waals surface area (Å²) in [4.78, 5) is 0. The molecule has 0 atom stereocenters. The second-order valence-electron chi connectivity index (χ2n) is 4.95. The highest BCUT2D eigenvalue weighted by molar-refractivity contribution is 6.17. The fourth-order valence-corrected chi connectivity index (χ4v) is 1.91. The third kappa shape index (κ3) is 24.6. The molecule has 0 saturated heterocycles. The maximum absolute atomic E-state index is 5.61. The molecule has 0 aliphatic carbocycles. The molecule has 0 radical (unpaired) electrons. The molecule has 0 aromatic rings. The summed E-state index contributed by atoms with van der Waals surface area (Å²) in [5, 5.41) is 0. The van der Waals surface area contributed by atoms with Gasteiger partial charge in [-0.2, -0.15) is 0 Å². The van der Waals surface area contributed by atoms with E-state index in [0.717, 1.165) is 25.3 Å². The van der Waals surface area contributed by atoms with Crippen molar-refractivity contribution in [1.29, 1.82) is 0 Å². The Morgan fingerprint density at radius 2 is 0.875 bits per heavy atom. The Morgan fingerprint density at radius 1 is 0.500 bits per heavy atom. The molecule has 2 N–H and O–H groups in total. The van der Waals surface area contributed by atoms with Crippen LogP contribution in [-0.4, -0.2) is 78.5 Å². The first-order valence-electron chi connectivity index (χ1n) is 8.56. The Morgan fingerprint density at radius 3 is 1.29 bits per heavy atom. The molecule has 0 aliphatic rings. The molecular formula is C16H35Cl2NO5. The first-order chi connectivity index (χ1) is 11.4. The van der Waals surface area contributed by atoms with Crippen LogP contribution < -0.4 is 5.73 Å². The summed E-state index contributed by atoms with van der Waals surface area (Å²) in [7, 11) is 0. The van der Waals surface area contributed by atoms with Gasteiger partial charge >= 0.3 is 0 Å². The minimum atomic E-state index is 0. The van der Waals surface area contributed by atoms with Crippen LogP contribution in [0, 0.1) is 0 Å². The lowest BCUT2D eigenvalue weighted by Crippen LogP contribution is -2.14. The van der Waals surface area contributed by atoms with Crippen LogP contribution in [0.15, 0.2) is 0 Å². The van der Waals surface area contributed by atoms with E-state index in [1.807, 2.05) is 0 Å². The highest BCUT2D eigenvalue weighted by Crippen LogP contribution is 2.00. The first kappa shape index (κ1) is 26.6. The molecular weight excluding hydrogens is 357 g/mol. The van der Waals surface area contributed by atoms with Crippen molar-refractivity contribution in [3.63, 3.8) is 0 Å². The Labute approximate surface area is 158 Å². The summed E-state index contributed by atoms with van der Waals surface area (Å²) >= 11 is 5.61. The normalized spacial score (nSPS) is 10.8. The summed E-state index contributed by atoms with van der Waals surface area (Å²) in [6.07, 6.45) is 4.56. The van der Waals surface area contributed by atoms with Gasteiger partial charge in [0.15, 0.2) is 0 Å². The maximum Gasteiger partial charge on any atom is 0.0701 e. The predicted molar refractivity (Wildman–Crippen MR) is 99.6 cm³/mol. The van der Waals surface area contributed by atoms with Crippen LogP contribution in [0.25, 0.3) is 0 Å². The second-order valence-corrected chi connectivity index (χ2v) is 5.33. The molecule has 0 fully saturated rings. The van der Waals surface area contributed by atoms with E-state index >= 15 is 0 Å². The van der Waals surface area contributed by atoms with Crippen molar-refractivity contribution in [2.24, 2.45) is 5.73 Å². The SMILES string of the molecule is Cl.NCCOCCOCCOCCOCCOCCCCCCCl. The van der Waals surface area contributed by atoms with Gasteiger partial charge in [-0.25, -0.2) is 0 Å². The standard InChI is InChI=1S/C16H34ClNO5.ClH/c17-5-3-1-2-4-7-19-9-11-21-13-15-23-16-14-22-12-10-20-8-6-18;/h1-16,18H2;1H. The van der Waals surface area contributed by atoms with Crippen molar-refractivity contribution in [2.45, 2.75) is 25.7 Å². The van der Waals surface area contributed by atoms with Crippen LogP contribution in [0.4, 0.5) is 0 Å². The largest absolute Gasteiger partial charge is 0.379 e. The topological polar surface area (TPSA) is 72.2 Å². The lowest BCUT2D eigenvalue weighted by atomic mass is 10.2. The zero-order valence-corrected chi connectivity index (χ0v) is 16.3. The molecule has 0 aromatic heterocycles. The molecule has 0 amide bonds. The van der Waals surface area contributed by atoms with Gasteiger partial charge in [0.1, 0.15) is 0 Å². The second kappa shape index (κ2) is 25.6. The fourth-order valence-electron chi connectivity index (χ4n) is 1.72. The van der Waals surface area contributed by atoms with Crippen molar-refractivity contribution in [2.75, 3.05) is 78.5 Å². The van der Waals surface area contributed by atoms with E-state index in [1.165, 1.54) is 12.8 Å². The lowest BCUT2D eigenvalue weighted by molar-refractivity contribution is -0.0107. The van der Waals surface area contributed by atoms with E-state index in [4.69, 9.17) is 41.0 Å². The van der Waals surface area contributed by atoms with Crippen LogP contribution in [0.1, 0.15) is 25.7 Å². The Bertz CT molecular complexity index is 197. The maximum atomic E-state index is 5.61. The minimum absolute atomic E-state index is 0. The van der Waals surface area contributed by atoms with Gasteiger partial charge in [0, 0.05) is 19.0 Å². The molecule has 0 aliphatic heterocycles. The van der Waals surface area contributed by atoms with Gasteiger partial charge in [-0.15, -0.1) is 24.0 Å². The van der Waals surface area contributed by atoms with E-state index < -0.39 is 0 Å². The number of hydrogen-bond donors (Lipinski definition) is 1. The van der Waals surface area contributed by atoms with Gasteiger partial charge < -0.3 is 29.4 Å². The average molecular weight is 392 g/mol. The predicted octanol–water partition coefficient (Wildman–Crippen LogP) is 2.25. The van der Waals surface area contributed by atoms with E-state index in [9.17, 15) is 0 Å². The number of ether oxygens (including phenoxy) is 5. The van der Waals surface area contributed by atoms with Gasteiger partial charge in [0.2, 0.25) is 0 Å². The smallest absolute Gasteiger partial charge is 0.0701 e. The highest BCUT2D eigenvalue weighted by Gasteiger charge is 1.94. The van der Waals surface area contributed by atoms with Gasteiger partial charge in [0.05, 0.1) is 59.5 Å². The molecule has 6 nitrogen and oxygen atoms in total. The van der Waals surface area contributed by atoms with Crippen LogP contribution in [0.3, 0.4) is 0 Å². The molecule has 0 rings (SSSR count). The van der Waals surface area contributed by atoms with Crippen LogP contribution in [0.5, 0.6) is 0 Å². The molecule has 0 aromatic carbocycles. The zero-order chi connectivity index (χ0) is 16.8. The molecule has 0 unspecified atom stereocenters. The van der Waals surface area contributed by atoms with Crippen molar-refractivity contribution >= 4 is 24.0 Å². The number of hydrogen-bond acceptors (Lipinski definition) is 6. The summed E-state index contributed by atoms with van der Waals surface area (Å²) in [6.45, 7) is 6.62. The summed E-state index contributed by atoms with van der Waals surface area (Å²) in [5.74, 6) is 0.756. The number of unbranched alkanes of at least 4 members (excludes halogenated alkanes) is 3. The van der Waals surface area contributed by atoms with Gasteiger partial charge in [-0.3, -0.25) is 0 Å². The Balaban J connectivity index is 0. The van der Waals surface area contributed by atoms with Crippen molar-refractivity contribution in [3.8, 4) is 0 Å². The van der Waals surface area contributed by atoms with E-state index in [0.29, 0.717) is 66.0 Å². The third-order valence-corrected chi connectivity index (χ3v) is 3.19. The molecule has 0 spiro atoms. The van der Waals surface area contributed by atoms with Crippen molar-refractivity contribution in [1.82, 2.24) is 0 Å². The van der Waals surface area contributed by atoms with E-state index in [1.54, 1.807) is 0 Å². The molecule has 0 saturated carbocycles. The van der Waals surface area contributed by atoms with Crippen LogP contribution in [-0.2, 0) is 23.7 Å². The first-order valence-corrected chi connectivity index (χ1v) is 9.10. The van der Waals surface area contributed by atoms with Gasteiger partial charge in [0.25, 0.3) is 0 Å². The van der Waals surface area contributed by atoms with Crippen LogP contribution in [0.2, 0.25) is 0 Å². The Hall–Kier alpha value is 0.340. The van der Waals surface area contributed by atoms with Gasteiger partial charge in [-0.05, 0) is 12.8 Å². The number of rotatable bonds is 20. The molecule has 24 heavy (non-hydrogen) atoms. The van der Waals surface area contributed by atoms with Crippen molar-refractivity contribution < 1.29 is 23.7 Å². The number of alkyl halides is 1. The molecule has 0 bridgehead atoms. The summed E-state index contributed by atoms with van der Waals surface area (Å²) in [6, 6.07) is 0. The van der Waals surface area contributed by atoms with Crippen LogP contribution >= 0.6 is 24.0 Å².